The fraction of sp³-hybridized carbons (Fsp3) is 0.412. The van der Waals surface area contributed by atoms with Crippen molar-refractivity contribution in [1.82, 2.24) is 5.32 Å². The Morgan fingerprint density at radius 1 is 1.30 bits per heavy atom. The highest BCUT2D eigenvalue weighted by atomic mass is 32.2. The second kappa shape index (κ2) is 9.03. The minimum atomic E-state index is -1.02. The third-order valence-electron chi connectivity index (χ3n) is 3.48. The lowest BCUT2D eigenvalue weighted by Gasteiger charge is -2.21. The Labute approximate surface area is 145 Å². The molecule has 1 saturated heterocycles. The summed E-state index contributed by atoms with van der Waals surface area (Å²) in [5.41, 5.74) is 1.70. The number of benzene rings is 1. The second-order valence-electron chi connectivity index (χ2n) is 5.22. The number of carbonyl (C=O) groups is 2. The lowest BCUT2D eigenvalue weighted by atomic mass is 10.1. The Kier molecular flexibility index (Phi) is 7.05. The van der Waals surface area contributed by atoms with E-state index in [-0.39, 0.29) is 12.3 Å². The van der Waals surface area contributed by atoms with Crippen molar-refractivity contribution in [2.24, 2.45) is 0 Å². The molecule has 0 radical (unpaired) electrons. The van der Waals surface area contributed by atoms with Gasteiger partial charge in [-0.2, -0.15) is 0 Å². The van der Waals surface area contributed by atoms with E-state index in [2.05, 4.69) is 5.32 Å². The van der Waals surface area contributed by atoms with Crippen molar-refractivity contribution in [2.45, 2.75) is 30.4 Å². The van der Waals surface area contributed by atoms with E-state index < -0.39 is 12.0 Å². The van der Waals surface area contributed by atoms with Gasteiger partial charge in [0.1, 0.15) is 6.04 Å². The fourth-order valence-corrected chi connectivity index (χ4v) is 5.10. The van der Waals surface area contributed by atoms with Crippen LogP contribution in [0.25, 0.3) is 0 Å². The molecule has 1 atom stereocenters. The Morgan fingerprint density at radius 3 is 2.52 bits per heavy atom. The predicted octanol–water partition coefficient (Wildman–Crippen LogP) is 3.70. The van der Waals surface area contributed by atoms with Gasteiger partial charge in [0.15, 0.2) is 0 Å². The topological polar surface area (TPSA) is 66.4 Å². The third-order valence-corrected chi connectivity index (χ3v) is 6.50. The molecule has 1 unspecified atom stereocenters. The van der Waals surface area contributed by atoms with E-state index in [1.54, 1.807) is 24.3 Å². The van der Waals surface area contributed by atoms with E-state index in [1.165, 1.54) is 23.5 Å². The Balaban J connectivity index is 1.99. The quantitative estimate of drug-likeness (QED) is 0.765. The maximum atomic E-state index is 12.2. The van der Waals surface area contributed by atoms with Crippen LogP contribution in [0, 0.1) is 0 Å². The molecule has 1 aromatic carbocycles. The number of thioether (sulfide) groups is 2. The molecule has 1 aliphatic rings. The van der Waals surface area contributed by atoms with Gasteiger partial charge >= 0.3 is 5.97 Å². The predicted molar refractivity (Wildman–Crippen MR) is 97.0 cm³/mol. The Morgan fingerprint density at radius 2 is 1.96 bits per heavy atom. The average molecular weight is 351 g/mol. The molecule has 1 aliphatic heterocycles. The zero-order chi connectivity index (χ0) is 16.7. The van der Waals surface area contributed by atoms with E-state index in [0.717, 1.165) is 0 Å². The van der Waals surface area contributed by atoms with Gasteiger partial charge in [-0.1, -0.05) is 24.3 Å². The minimum absolute atomic E-state index is 0.283. The molecule has 124 valence electrons. The Bertz CT molecular complexity index is 566. The molecule has 1 amide bonds. The zero-order valence-electron chi connectivity index (χ0n) is 13.0. The number of carboxylic acids is 1. The second-order valence-corrected chi connectivity index (χ2v) is 7.94. The van der Waals surface area contributed by atoms with Gasteiger partial charge in [0.25, 0.3) is 5.91 Å². The Hall–Kier alpha value is -1.40. The van der Waals surface area contributed by atoms with Gasteiger partial charge in [0.2, 0.25) is 0 Å². The van der Waals surface area contributed by atoms with E-state index >= 15 is 0 Å². The van der Waals surface area contributed by atoms with Crippen LogP contribution in [-0.2, 0) is 4.79 Å². The van der Waals surface area contributed by atoms with Crippen LogP contribution >= 0.6 is 23.5 Å². The van der Waals surface area contributed by atoms with E-state index in [1.807, 2.05) is 42.6 Å². The molecule has 0 saturated carbocycles. The monoisotopic (exact) mass is 351 g/mol. The van der Waals surface area contributed by atoms with Crippen LogP contribution in [0.5, 0.6) is 0 Å². The first-order valence-electron chi connectivity index (χ1n) is 7.60. The average Bonchev–Trinajstić information content (AvgIpc) is 2.59. The normalized spacial score (nSPS) is 17.1. The summed E-state index contributed by atoms with van der Waals surface area (Å²) in [6.07, 6.45) is 5.04. The molecular formula is C17H21NO3S2. The lowest BCUT2D eigenvalue weighted by Crippen LogP contribution is -2.40. The maximum Gasteiger partial charge on any atom is 0.326 e. The van der Waals surface area contributed by atoms with E-state index in [9.17, 15) is 9.59 Å². The van der Waals surface area contributed by atoms with Crippen LogP contribution in [0.4, 0.5) is 0 Å². The molecule has 2 N–H and O–H groups in total. The number of aliphatic carboxylic acids is 1. The molecule has 6 heteroatoms. The fourth-order valence-electron chi connectivity index (χ4n) is 2.21. The van der Waals surface area contributed by atoms with Gasteiger partial charge in [0.05, 0.1) is 4.58 Å². The molecule has 0 spiro atoms. The highest BCUT2D eigenvalue weighted by molar-refractivity contribution is 8.16. The third kappa shape index (κ3) is 5.32. The summed E-state index contributed by atoms with van der Waals surface area (Å²) < 4.78 is 0.433. The van der Waals surface area contributed by atoms with Crippen molar-refractivity contribution in [1.29, 1.82) is 0 Å². The molecule has 1 aromatic rings. The zero-order valence-corrected chi connectivity index (χ0v) is 14.7. The van der Waals surface area contributed by atoms with Gasteiger partial charge in [-0.15, -0.1) is 23.5 Å². The van der Waals surface area contributed by atoms with Gasteiger partial charge in [-0.25, -0.2) is 4.79 Å². The van der Waals surface area contributed by atoms with Crippen molar-refractivity contribution in [2.75, 3.05) is 11.5 Å². The summed E-state index contributed by atoms with van der Waals surface area (Å²) in [4.78, 5) is 23.4. The lowest BCUT2D eigenvalue weighted by molar-refractivity contribution is -0.139. The highest BCUT2D eigenvalue weighted by Crippen LogP contribution is 2.43. The number of hydrogen-bond donors (Lipinski definition) is 2. The van der Waals surface area contributed by atoms with Crippen molar-refractivity contribution < 1.29 is 14.7 Å². The number of carbonyl (C=O) groups excluding carboxylic acids is 1. The minimum Gasteiger partial charge on any atom is -0.480 e. The first-order valence-corrected chi connectivity index (χ1v) is 9.69. The maximum absolute atomic E-state index is 12.2. The first-order chi connectivity index (χ1) is 11.1. The number of hydrogen-bond acceptors (Lipinski definition) is 4. The molecule has 1 heterocycles. The molecule has 0 aromatic heterocycles. The van der Waals surface area contributed by atoms with Crippen LogP contribution in [0.1, 0.15) is 40.3 Å². The smallest absolute Gasteiger partial charge is 0.326 e. The molecule has 0 aliphatic carbocycles. The van der Waals surface area contributed by atoms with Crippen LogP contribution < -0.4 is 5.32 Å². The van der Waals surface area contributed by atoms with Crippen LogP contribution in [-0.4, -0.2) is 34.5 Å². The number of carboxylic acid groups (broad SMARTS) is 1. The van der Waals surface area contributed by atoms with Gasteiger partial charge in [-0.3, -0.25) is 4.79 Å². The molecule has 0 bridgehead atoms. The SMILES string of the molecule is C/C=C/CC(NC(=O)c1ccc(C2SCCCS2)cc1)C(=O)O. The molecule has 1 fully saturated rings. The number of rotatable bonds is 6. The van der Waals surface area contributed by atoms with Gasteiger partial charge in [-0.05, 0) is 49.0 Å². The summed E-state index contributed by atoms with van der Waals surface area (Å²) in [7, 11) is 0. The van der Waals surface area contributed by atoms with Gasteiger partial charge in [0, 0.05) is 5.56 Å². The van der Waals surface area contributed by atoms with Crippen LogP contribution in [0.3, 0.4) is 0 Å². The number of allylic oxidation sites excluding steroid dienone is 1. The highest BCUT2D eigenvalue weighted by Gasteiger charge is 2.20. The van der Waals surface area contributed by atoms with Crippen LogP contribution in [0.2, 0.25) is 0 Å². The summed E-state index contributed by atoms with van der Waals surface area (Å²) in [5, 5.41) is 11.7. The molecular weight excluding hydrogens is 330 g/mol. The largest absolute Gasteiger partial charge is 0.480 e. The van der Waals surface area contributed by atoms with Crippen LogP contribution in [0.15, 0.2) is 36.4 Å². The number of nitrogens with one attached hydrogen (secondary N) is 1. The van der Waals surface area contributed by atoms with Gasteiger partial charge < -0.3 is 10.4 Å². The molecule has 2 rings (SSSR count). The van der Waals surface area contributed by atoms with Crippen molar-refractivity contribution in [3.8, 4) is 0 Å². The first kappa shape index (κ1) is 17.9. The van der Waals surface area contributed by atoms with E-state index in [0.29, 0.717) is 10.1 Å². The summed E-state index contributed by atoms with van der Waals surface area (Å²) in [5.74, 6) is 0.969. The summed E-state index contributed by atoms with van der Waals surface area (Å²) >= 11 is 3.86. The summed E-state index contributed by atoms with van der Waals surface area (Å²) in [6.45, 7) is 1.82. The van der Waals surface area contributed by atoms with E-state index in [4.69, 9.17) is 5.11 Å². The van der Waals surface area contributed by atoms with Crippen molar-refractivity contribution in [3.05, 3.63) is 47.5 Å². The standard InChI is InChI=1S/C17H21NO3S2/c1-2-3-5-14(16(20)21)18-15(19)12-6-8-13(9-7-12)17-22-10-4-11-23-17/h2-3,6-9,14,17H,4-5,10-11H2,1H3,(H,18,19)(H,20,21)/b3-2+. The summed E-state index contributed by atoms with van der Waals surface area (Å²) in [6, 6.07) is 6.58. The number of amides is 1. The molecule has 23 heavy (non-hydrogen) atoms. The van der Waals surface area contributed by atoms with Crippen molar-refractivity contribution in [3.63, 3.8) is 0 Å². The van der Waals surface area contributed by atoms with Crippen molar-refractivity contribution >= 4 is 35.4 Å². The molecule has 4 nitrogen and oxygen atoms in total.